The van der Waals surface area contributed by atoms with Crippen LogP contribution in [0.15, 0.2) is 65.7 Å². The monoisotopic (exact) mass is 462 g/mol. The Morgan fingerprint density at radius 2 is 1.97 bits per heavy atom. The number of aromatic amines is 1. The van der Waals surface area contributed by atoms with Gasteiger partial charge in [0, 0.05) is 35.3 Å². The van der Waals surface area contributed by atoms with E-state index < -0.39 is 23.3 Å². The smallest absolute Gasteiger partial charge is 0.329 e. The zero-order chi connectivity index (χ0) is 24.3. The Morgan fingerprint density at radius 1 is 1.18 bits per heavy atom. The highest BCUT2D eigenvalue weighted by atomic mass is 16.5. The maximum atomic E-state index is 12.6. The van der Waals surface area contributed by atoms with E-state index in [1.54, 1.807) is 18.3 Å². The second kappa shape index (κ2) is 9.10. The number of fused-ring (bicyclic) bond motifs is 1. The first kappa shape index (κ1) is 22.6. The standard InChI is InChI=1S/C24H22N4O6/c1-24(23(31)32,10-14-11-26-18-6-4-3-5-16(14)18)28-22(30)21(29)27-15-7-8-17(19(9-15)33-2)20-12-25-13-34-20/h3-9,11-13,26H,10H2,1-2H3,(H,27,29)(H,28,30)(H,31,32). The van der Waals surface area contributed by atoms with Crippen LogP contribution in [0.2, 0.25) is 0 Å². The van der Waals surface area contributed by atoms with Crippen molar-refractivity contribution in [3.05, 3.63) is 66.8 Å². The minimum absolute atomic E-state index is 0.0227. The second-order valence-corrected chi connectivity index (χ2v) is 7.86. The lowest BCUT2D eigenvalue weighted by atomic mass is 9.92. The van der Waals surface area contributed by atoms with E-state index in [2.05, 4.69) is 20.6 Å². The fourth-order valence-corrected chi connectivity index (χ4v) is 3.65. The summed E-state index contributed by atoms with van der Waals surface area (Å²) in [6.45, 7) is 1.36. The summed E-state index contributed by atoms with van der Waals surface area (Å²) >= 11 is 0. The highest BCUT2D eigenvalue weighted by Crippen LogP contribution is 2.32. The molecule has 1 unspecified atom stereocenters. The molecular weight excluding hydrogens is 440 g/mol. The van der Waals surface area contributed by atoms with Crippen molar-refractivity contribution in [3.8, 4) is 17.1 Å². The van der Waals surface area contributed by atoms with Crippen LogP contribution in [0.4, 0.5) is 5.69 Å². The number of carboxylic acids is 1. The third kappa shape index (κ3) is 4.46. The van der Waals surface area contributed by atoms with Crippen molar-refractivity contribution in [1.82, 2.24) is 15.3 Å². The van der Waals surface area contributed by atoms with Gasteiger partial charge < -0.3 is 29.9 Å². The molecule has 0 aliphatic heterocycles. The van der Waals surface area contributed by atoms with E-state index in [-0.39, 0.29) is 12.1 Å². The van der Waals surface area contributed by atoms with Crippen LogP contribution in [-0.4, -0.2) is 45.5 Å². The summed E-state index contributed by atoms with van der Waals surface area (Å²) in [6.07, 6.45) is 4.47. The summed E-state index contributed by atoms with van der Waals surface area (Å²) in [6, 6.07) is 12.1. The third-order valence-electron chi connectivity index (χ3n) is 5.44. The van der Waals surface area contributed by atoms with Crippen LogP contribution in [0.3, 0.4) is 0 Å². The van der Waals surface area contributed by atoms with Crippen LogP contribution in [0.25, 0.3) is 22.2 Å². The number of carboxylic acid groups (broad SMARTS) is 1. The van der Waals surface area contributed by atoms with Gasteiger partial charge in [-0.1, -0.05) is 18.2 Å². The summed E-state index contributed by atoms with van der Waals surface area (Å²) in [5.74, 6) is -2.49. The van der Waals surface area contributed by atoms with Crippen molar-refractivity contribution in [2.75, 3.05) is 12.4 Å². The molecule has 0 aliphatic carbocycles. The Morgan fingerprint density at radius 3 is 2.68 bits per heavy atom. The molecule has 0 fully saturated rings. The van der Waals surface area contributed by atoms with Gasteiger partial charge in [-0.05, 0) is 30.7 Å². The van der Waals surface area contributed by atoms with E-state index in [9.17, 15) is 19.5 Å². The number of benzene rings is 2. The predicted octanol–water partition coefficient (Wildman–Crippen LogP) is 2.97. The van der Waals surface area contributed by atoms with Gasteiger partial charge in [0.05, 0.1) is 18.9 Å². The maximum absolute atomic E-state index is 12.6. The number of oxazole rings is 1. The number of anilines is 1. The largest absolute Gasteiger partial charge is 0.496 e. The minimum atomic E-state index is -1.72. The number of carbonyl (C=O) groups excluding carboxylic acids is 2. The molecule has 2 heterocycles. The van der Waals surface area contributed by atoms with Gasteiger partial charge in [-0.3, -0.25) is 9.59 Å². The van der Waals surface area contributed by atoms with Gasteiger partial charge in [0.2, 0.25) is 0 Å². The van der Waals surface area contributed by atoms with Crippen molar-refractivity contribution < 1.29 is 28.6 Å². The summed E-state index contributed by atoms with van der Waals surface area (Å²) in [4.78, 5) is 44.2. The van der Waals surface area contributed by atoms with Crippen LogP contribution in [0.1, 0.15) is 12.5 Å². The molecule has 0 saturated heterocycles. The van der Waals surface area contributed by atoms with Crippen molar-refractivity contribution in [2.24, 2.45) is 0 Å². The number of nitrogens with one attached hydrogen (secondary N) is 3. The molecule has 2 aromatic heterocycles. The average molecular weight is 462 g/mol. The number of amides is 2. The molecule has 4 aromatic rings. The molecule has 0 radical (unpaired) electrons. The Labute approximate surface area is 193 Å². The first-order chi connectivity index (χ1) is 16.3. The molecule has 4 rings (SSSR count). The van der Waals surface area contributed by atoms with E-state index >= 15 is 0 Å². The summed E-state index contributed by atoms with van der Waals surface area (Å²) < 4.78 is 10.6. The molecule has 34 heavy (non-hydrogen) atoms. The Bertz CT molecular complexity index is 1360. The molecule has 174 valence electrons. The molecular formula is C24H22N4O6. The van der Waals surface area contributed by atoms with Crippen molar-refractivity contribution >= 4 is 34.4 Å². The molecule has 2 amide bonds. The first-order valence-corrected chi connectivity index (χ1v) is 10.3. The molecule has 2 aromatic carbocycles. The van der Waals surface area contributed by atoms with Gasteiger partial charge in [-0.2, -0.15) is 0 Å². The third-order valence-corrected chi connectivity index (χ3v) is 5.44. The zero-order valence-electron chi connectivity index (χ0n) is 18.4. The number of hydrogen-bond acceptors (Lipinski definition) is 6. The van der Waals surface area contributed by atoms with Crippen LogP contribution in [-0.2, 0) is 20.8 Å². The van der Waals surface area contributed by atoms with Crippen molar-refractivity contribution in [2.45, 2.75) is 18.9 Å². The van der Waals surface area contributed by atoms with Gasteiger partial charge in [0.15, 0.2) is 12.2 Å². The Hall–Kier alpha value is -4.60. The molecule has 0 aliphatic rings. The van der Waals surface area contributed by atoms with E-state index in [1.165, 1.54) is 32.7 Å². The molecule has 4 N–H and O–H groups in total. The number of para-hydroxylation sites is 1. The minimum Gasteiger partial charge on any atom is -0.496 e. The predicted molar refractivity (Wildman–Crippen MR) is 123 cm³/mol. The quantitative estimate of drug-likeness (QED) is 0.309. The number of rotatable bonds is 7. The van der Waals surface area contributed by atoms with Crippen LogP contribution < -0.4 is 15.4 Å². The fourth-order valence-electron chi connectivity index (χ4n) is 3.65. The SMILES string of the molecule is COc1cc(NC(=O)C(=O)NC(C)(Cc2c[nH]c3ccccc23)C(=O)O)ccc1-c1cnco1. The average Bonchev–Trinajstić information content (AvgIpc) is 3.49. The molecule has 1 atom stereocenters. The highest BCUT2D eigenvalue weighted by Gasteiger charge is 2.37. The van der Waals surface area contributed by atoms with E-state index in [4.69, 9.17) is 9.15 Å². The number of ether oxygens (including phenoxy) is 1. The van der Waals surface area contributed by atoms with E-state index in [1.807, 2.05) is 24.3 Å². The normalized spacial score (nSPS) is 12.6. The Balaban J connectivity index is 1.49. The van der Waals surface area contributed by atoms with Gasteiger partial charge in [0.25, 0.3) is 0 Å². The van der Waals surface area contributed by atoms with Crippen molar-refractivity contribution in [1.29, 1.82) is 0 Å². The summed E-state index contributed by atoms with van der Waals surface area (Å²) in [5.41, 5.74) is 0.729. The number of H-pyrrole nitrogens is 1. The number of hydrogen-bond donors (Lipinski definition) is 4. The van der Waals surface area contributed by atoms with Gasteiger partial charge >= 0.3 is 17.8 Å². The summed E-state index contributed by atoms with van der Waals surface area (Å²) in [5, 5.41) is 15.5. The number of nitrogens with zero attached hydrogens (tertiary/aromatic N) is 1. The van der Waals surface area contributed by atoms with E-state index in [0.717, 1.165) is 10.9 Å². The van der Waals surface area contributed by atoms with Gasteiger partial charge in [-0.25, -0.2) is 9.78 Å². The Kier molecular flexibility index (Phi) is 6.05. The lowest BCUT2D eigenvalue weighted by Gasteiger charge is -2.25. The van der Waals surface area contributed by atoms with Crippen molar-refractivity contribution in [3.63, 3.8) is 0 Å². The molecule has 10 heteroatoms. The molecule has 0 saturated carbocycles. The lowest BCUT2D eigenvalue weighted by Crippen LogP contribution is -2.56. The number of methoxy groups -OCH3 is 1. The number of aromatic nitrogens is 2. The lowest BCUT2D eigenvalue weighted by molar-refractivity contribution is -0.148. The topological polar surface area (TPSA) is 147 Å². The number of aliphatic carboxylic acids is 1. The van der Waals surface area contributed by atoms with Crippen LogP contribution in [0.5, 0.6) is 5.75 Å². The second-order valence-electron chi connectivity index (χ2n) is 7.86. The molecule has 0 spiro atoms. The molecule has 0 bridgehead atoms. The fraction of sp³-hybridized carbons (Fsp3) is 0.167. The number of carbonyl (C=O) groups is 3. The van der Waals surface area contributed by atoms with Crippen LogP contribution in [0, 0.1) is 0 Å². The highest BCUT2D eigenvalue weighted by molar-refractivity contribution is 6.40. The first-order valence-electron chi connectivity index (χ1n) is 10.3. The summed E-state index contributed by atoms with van der Waals surface area (Å²) in [7, 11) is 1.45. The van der Waals surface area contributed by atoms with Gasteiger partial charge in [-0.15, -0.1) is 0 Å². The zero-order valence-corrected chi connectivity index (χ0v) is 18.4. The molecule has 10 nitrogen and oxygen atoms in total. The maximum Gasteiger partial charge on any atom is 0.329 e. The van der Waals surface area contributed by atoms with Crippen LogP contribution >= 0.6 is 0 Å². The van der Waals surface area contributed by atoms with Gasteiger partial charge in [0.1, 0.15) is 11.3 Å². The van der Waals surface area contributed by atoms with E-state index in [0.29, 0.717) is 22.6 Å².